The maximum absolute atomic E-state index is 12.6. The lowest BCUT2D eigenvalue weighted by molar-refractivity contribution is 0.0241. The summed E-state index contributed by atoms with van der Waals surface area (Å²) in [5.74, 6) is 1.44. The minimum atomic E-state index is -0.462. The van der Waals surface area contributed by atoms with Crippen LogP contribution in [0.3, 0.4) is 0 Å². The fourth-order valence-electron chi connectivity index (χ4n) is 2.50. The summed E-state index contributed by atoms with van der Waals surface area (Å²) in [6.45, 7) is 0.212. The van der Waals surface area contributed by atoms with Crippen molar-refractivity contribution in [1.82, 2.24) is 0 Å². The van der Waals surface area contributed by atoms with Crippen LogP contribution in [-0.2, 0) is 4.74 Å². The van der Waals surface area contributed by atoms with Gasteiger partial charge in [-0.1, -0.05) is 23.2 Å². The molecule has 0 aliphatic heterocycles. The van der Waals surface area contributed by atoms with E-state index in [0.29, 0.717) is 32.9 Å². The molecule has 0 saturated heterocycles. The van der Waals surface area contributed by atoms with Crippen LogP contribution in [0.5, 0.6) is 11.5 Å². The first kappa shape index (κ1) is 22.3. The van der Waals surface area contributed by atoms with E-state index < -0.39 is 12.1 Å². The summed E-state index contributed by atoms with van der Waals surface area (Å²) in [4.78, 5) is 13.6. The lowest BCUT2D eigenvalue weighted by Crippen LogP contribution is -2.27. The van der Waals surface area contributed by atoms with Crippen molar-refractivity contribution in [2.24, 2.45) is 0 Å². The number of methoxy groups -OCH3 is 1. The Balaban J connectivity index is 1.65. The predicted molar refractivity (Wildman–Crippen MR) is 121 cm³/mol. The van der Waals surface area contributed by atoms with Gasteiger partial charge in [-0.15, -0.1) is 11.8 Å². The Morgan fingerprint density at radius 1 is 0.867 bits per heavy atom. The highest BCUT2D eigenvalue weighted by molar-refractivity contribution is 7.99. The number of hydrogen-bond donors (Lipinski definition) is 0. The predicted octanol–water partition coefficient (Wildman–Crippen LogP) is 6.40. The highest BCUT2D eigenvalue weighted by Gasteiger charge is 2.18. The second-order valence-electron chi connectivity index (χ2n) is 6.29. The number of hydrogen-bond acceptors (Lipinski definition) is 5. The molecule has 0 fully saturated rings. The van der Waals surface area contributed by atoms with Crippen molar-refractivity contribution in [2.45, 2.75) is 11.0 Å². The van der Waals surface area contributed by atoms with Crippen LogP contribution >= 0.6 is 35.0 Å². The summed E-state index contributed by atoms with van der Waals surface area (Å²) in [7, 11) is 1.57. The van der Waals surface area contributed by atoms with Crippen molar-refractivity contribution >= 4 is 40.9 Å². The molecule has 0 aliphatic carbocycles. The molecule has 0 spiro atoms. The number of ether oxygens (including phenoxy) is 3. The smallest absolute Gasteiger partial charge is 0.338 e. The summed E-state index contributed by atoms with van der Waals surface area (Å²) in [6.07, 6.45) is -0.462. The first-order valence-electron chi connectivity index (χ1n) is 9.15. The summed E-state index contributed by atoms with van der Waals surface area (Å²) >= 11 is 13.4. The average Bonchev–Trinajstić information content (AvgIpc) is 2.77. The molecular weight excluding hydrogens is 443 g/mol. The molecule has 4 nitrogen and oxygen atoms in total. The van der Waals surface area contributed by atoms with Gasteiger partial charge in [0.2, 0.25) is 0 Å². The zero-order valence-corrected chi connectivity index (χ0v) is 18.5. The van der Waals surface area contributed by atoms with Crippen LogP contribution in [0.1, 0.15) is 10.4 Å². The normalized spacial score (nSPS) is 11.6. The molecule has 1 atom stereocenters. The van der Waals surface area contributed by atoms with E-state index >= 15 is 0 Å². The van der Waals surface area contributed by atoms with Crippen LogP contribution in [0.2, 0.25) is 10.0 Å². The molecule has 0 aliphatic rings. The summed E-state index contributed by atoms with van der Waals surface area (Å²) in [5, 5.41) is 1.30. The second-order valence-corrected chi connectivity index (χ2v) is 8.25. The molecule has 0 heterocycles. The molecule has 0 amide bonds. The molecule has 30 heavy (non-hydrogen) atoms. The molecular formula is C23H20Cl2O4S. The Morgan fingerprint density at radius 2 is 1.43 bits per heavy atom. The Hall–Kier alpha value is -2.34. The number of benzene rings is 3. The topological polar surface area (TPSA) is 44.8 Å². The third-order valence-electron chi connectivity index (χ3n) is 4.10. The van der Waals surface area contributed by atoms with Gasteiger partial charge in [-0.25, -0.2) is 4.79 Å². The van der Waals surface area contributed by atoms with E-state index in [1.54, 1.807) is 67.4 Å². The van der Waals surface area contributed by atoms with Crippen LogP contribution in [0.15, 0.2) is 77.7 Å². The van der Waals surface area contributed by atoms with E-state index in [0.717, 1.165) is 4.90 Å². The van der Waals surface area contributed by atoms with Crippen LogP contribution in [0.4, 0.5) is 0 Å². The summed E-state index contributed by atoms with van der Waals surface area (Å²) in [5.41, 5.74) is 0.448. The van der Waals surface area contributed by atoms with Crippen molar-refractivity contribution in [3.8, 4) is 11.5 Å². The van der Waals surface area contributed by atoms with Gasteiger partial charge in [0.1, 0.15) is 24.2 Å². The highest BCUT2D eigenvalue weighted by Crippen LogP contribution is 2.23. The fraction of sp³-hybridized carbons (Fsp3) is 0.174. The van der Waals surface area contributed by atoms with E-state index in [1.165, 1.54) is 0 Å². The zero-order chi connectivity index (χ0) is 21.3. The monoisotopic (exact) mass is 462 g/mol. The van der Waals surface area contributed by atoms with Crippen molar-refractivity contribution in [3.05, 3.63) is 88.4 Å². The van der Waals surface area contributed by atoms with Crippen molar-refractivity contribution < 1.29 is 19.0 Å². The molecule has 0 bridgehead atoms. The Kier molecular flexibility index (Phi) is 8.31. The maximum atomic E-state index is 12.6. The molecule has 0 aromatic heterocycles. The van der Waals surface area contributed by atoms with E-state index in [-0.39, 0.29) is 6.61 Å². The lowest BCUT2D eigenvalue weighted by atomic mass is 10.2. The number of carbonyl (C=O) groups excluding carboxylic acids is 1. The van der Waals surface area contributed by atoms with Crippen LogP contribution in [0.25, 0.3) is 0 Å². The zero-order valence-electron chi connectivity index (χ0n) is 16.2. The van der Waals surface area contributed by atoms with Crippen LogP contribution in [0, 0.1) is 0 Å². The number of thioether (sulfide) groups is 1. The molecule has 0 saturated carbocycles. The Bertz CT molecular complexity index is 895. The van der Waals surface area contributed by atoms with Crippen molar-refractivity contribution in [3.63, 3.8) is 0 Å². The minimum absolute atomic E-state index is 0.212. The molecule has 0 radical (unpaired) electrons. The Morgan fingerprint density at radius 3 is 2.03 bits per heavy atom. The average molecular weight is 463 g/mol. The second kappa shape index (κ2) is 11.2. The molecule has 1 unspecified atom stereocenters. The standard InChI is InChI=1S/C23H20Cl2O4S/c1-27-19-8-2-16(3-9-19)23(26)29-21(14-28-20-10-4-17(24)5-11-20)15-30-22-12-6-18(25)7-13-22/h2-13,21H,14-15H2,1H3. The Labute approximate surface area is 190 Å². The SMILES string of the molecule is COc1ccc(C(=O)OC(COc2ccc(Cl)cc2)CSc2ccc(Cl)cc2)cc1. The fourth-order valence-corrected chi connectivity index (χ4v) is 3.63. The van der Waals surface area contributed by atoms with Gasteiger partial charge in [0, 0.05) is 20.7 Å². The summed E-state index contributed by atoms with van der Waals surface area (Å²) < 4.78 is 16.7. The molecule has 3 aromatic carbocycles. The maximum Gasteiger partial charge on any atom is 0.338 e. The van der Waals surface area contributed by atoms with Gasteiger partial charge < -0.3 is 14.2 Å². The third-order valence-corrected chi connectivity index (χ3v) is 5.75. The summed E-state index contributed by atoms with van der Waals surface area (Å²) in [6, 6.07) is 21.3. The van der Waals surface area contributed by atoms with Crippen molar-refractivity contribution in [2.75, 3.05) is 19.5 Å². The number of carbonyl (C=O) groups is 1. The van der Waals surface area contributed by atoms with E-state index in [4.69, 9.17) is 37.4 Å². The van der Waals surface area contributed by atoms with E-state index in [2.05, 4.69) is 0 Å². The van der Waals surface area contributed by atoms with E-state index in [9.17, 15) is 4.79 Å². The number of rotatable bonds is 9. The molecule has 0 N–H and O–H groups in total. The van der Waals surface area contributed by atoms with Gasteiger partial charge in [-0.2, -0.15) is 0 Å². The number of halogens is 2. The largest absolute Gasteiger partial charge is 0.497 e. The first-order valence-corrected chi connectivity index (χ1v) is 10.9. The highest BCUT2D eigenvalue weighted by atomic mass is 35.5. The quantitative estimate of drug-likeness (QED) is 0.272. The van der Waals surface area contributed by atoms with Crippen LogP contribution in [-0.4, -0.2) is 31.5 Å². The van der Waals surface area contributed by atoms with Crippen LogP contribution < -0.4 is 9.47 Å². The van der Waals surface area contributed by atoms with Gasteiger partial charge in [-0.3, -0.25) is 0 Å². The molecule has 3 aromatic rings. The number of esters is 1. The molecule has 3 rings (SSSR count). The molecule has 7 heteroatoms. The van der Waals surface area contributed by atoms with Crippen molar-refractivity contribution in [1.29, 1.82) is 0 Å². The van der Waals surface area contributed by atoms with E-state index in [1.807, 2.05) is 24.3 Å². The van der Waals surface area contributed by atoms with Gasteiger partial charge >= 0.3 is 5.97 Å². The van der Waals surface area contributed by atoms with Gasteiger partial charge in [0.25, 0.3) is 0 Å². The van der Waals surface area contributed by atoms with Gasteiger partial charge in [-0.05, 0) is 72.8 Å². The van der Waals surface area contributed by atoms with Gasteiger partial charge in [0.05, 0.1) is 12.7 Å². The minimum Gasteiger partial charge on any atom is -0.497 e. The third kappa shape index (κ3) is 6.87. The first-order chi connectivity index (χ1) is 14.5. The van der Waals surface area contributed by atoms with Gasteiger partial charge in [0.15, 0.2) is 0 Å². The lowest BCUT2D eigenvalue weighted by Gasteiger charge is -2.19. The molecule has 156 valence electrons.